The summed E-state index contributed by atoms with van der Waals surface area (Å²) in [5, 5.41) is 0.450. The number of hydrogen-bond acceptors (Lipinski definition) is 1. The molecule has 0 spiro atoms. The molecule has 0 amide bonds. The van der Waals surface area contributed by atoms with Crippen LogP contribution in [-0.4, -0.2) is 6.54 Å². The van der Waals surface area contributed by atoms with Crippen molar-refractivity contribution in [3.8, 4) is 0 Å². The van der Waals surface area contributed by atoms with Gasteiger partial charge in [-0.2, -0.15) is 0 Å². The van der Waals surface area contributed by atoms with Gasteiger partial charge < -0.3 is 5.73 Å². The fraction of sp³-hybridized carbons (Fsp3) is 0.400. The van der Waals surface area contributed by atoms with E-state index in [1.807, 2.05) is 0 Å². The zero-order valence-corrected chi connectivity index (χ0v) is 7.89. The smallest absolute Gasteiger partial charge is 0.128 e. The van der Waals surface area contributed by atoms with Gasteiger partial charge in [0.2, 0.25) is 0 Å². The molecule has 3 heteroatoms. The maximum Gasteiger partial charge on any atom is 0.128 e. The molecule has 0 bridgehead atoms. The second-order valence-electron chi connectivity index (χ2n) is 3.50. The summed E-state index contributed by atoms with van der Waals surface area (Å²) in [5.41, 5.74) is 6.26. The van der Waals surface area contributed by atoms with Crippen molar-refractivity contribution >= 4 is 11.6 Å². The topological polar surface area (TPSA) is 26.0 Å². The first kappa shape index (κ1) is 8.97. The third-order valence-corrected chi connectivity index (χ3v) is 2.82. The van der Waals surface area contributed by atoms with Crippen molar-refractivity contribution in [1.29, 1.82) is 0 Å². The summed E-state index contributed by atoms with van der Waals surface area (Å²) in [6.07, 6.45) is 1.01. The van der Waals surface area contributed by atoms with Gasteiger partial charge in [-0.05, 0) is 42.5 Å². The first-order valence-corrected chi connectivity index (χ1v) is 4.75. The Kier molecular flexibility index (Phi) is 2.26. The second-order valence-corrected chi connectivity index (χ2v) is 3.94. The number of nitrogens with two attached hydrogens (primary N) is 1. The normalized spacial score (nSPS) is 26.1. The van der Waals surface area contributed by atoms with Crippen molar-refractivity contribution in [2.45, 2.75) is 12.3 Å². The molecule has 1 saturated carbocycles. The third-order valence-electron chi connectivity index (χ3n) is 2.59. The van der Waals surface area contributed by atoms with Crippen LogP contribution in [0.5, 0.6) is 0 Å². The molecule has 1 aliphatic carbocycles. The number of hydrogen-bond donors (Lipinski definition) is 1. The van der Waals surface area contributed by atoms with E-state index in [0.717, 1.165) is 12.0 Å². The van der Waals surface area contributed by atoms with E-state index in [2.05, 4.69) is 0 Å². The van der Waals surface area contributed by atoms with Crippen LogP contribution in [0.2, 0.25) is 5.02 Å². The second kappa shape index (κ2) is 3.28. The average molecular weight is 200 g/mol. The summed E-state index contributed by atoms with van der Waals surface area (Å²) in [4.78, 5) is 0. The molecule has 2 rings (SSSR count). The van der Waals surface area contributed by atoms with E-state index in [1.165, 1.54) is 6.07 Å². The molecule has 70 valence electrons. The first-order valence-electron chi connectivity index (χ1n) is 4.37. The van der Waals surface area contributed by atoms with Crippen molar-refractivity contribution in [3.05, 3.63) is 34.6 Å². The van der Waals surface area contributed by atoms with Crippen LogP contribution < -0.4 is 5.73 Å². The Morgan fingerprint density at radius 2 is 2.31 bits per heavy atom. The molecule has 1 aliphatic rings. The van der Waals surface area contributed by atoms with Gasteiger partial charge in [-0.3, -0.25) is 0 Å². The molecule has 1 fully saturated rings. The lowest BCUT2D eigenvalue weighted by Gasteiger charge is -2.01. The molecular weight excluding hydrogens is 189 g/mol. The maximum absolute atomic E-state index is 13.3. The van der Waals surface area contributed by atoms with Gasteiger partial charge in [0.1, 0.15) is 5.82 Å². The quantitative estimate of drug-likeness (QED) is 0.779. The Bertz CT molecular complexity index is 327. The molecular formula is C10H11ClFN. The molecule has 0 aliphatic heterocycles. The van der Waals surface area contributed by atoms with Gasteiger partial charge in [0.05, 0.1) is 0 Å². The van der Waals surface area contributed by atoms with Crippen molar-refractivity contribution in [2.24, 2.45) is 11.7 Å². The molecule has 0 saturated heterocycles. The zero-order valence-electron chi connectivity index (χ0n) is 7.13. The van der Waals surface area contributed by atoms with Crippen LogP contribution in [0.1, 0.15) is 17.9 Å². The molecule has 13 heavy (non-hydrogen) atoms. The molecule has 1 nitrogen and oxygen atoms in total. The number of halogens is 2. The van der Waals surface area contributed by atoms with Gasteiger partial charge in [0.15, 0.2) is 0 Å². The van der Waals surface area contributed by atoms with Crippen LogP contribution in [0, 0.1) is 11.7 Å². The first-order chi connectivity index (χ1) is 6.22. The Hall–Kier alpha value is -0.600. The number of rotatable bonds is 2. The highest BCUT2D eigenvalue weighted by atomic mass is 35.5. The van der Waals surface area contributed by atoms with Crippen molar-refractivity contribution < 1.29 is 4.39 Å². The third kappa shape index (κ3) is 1.69. The highest BCUT2D eigenvalue weighted by molar-refractivity contribution is 6.30. The Balaban J connectivity index is 2.22. The van der Waals surface area contributed by atoms with Crippen LogP contribution in [0.3, 0.4) is 0 Å². The average Bonchev–Trinajstić information content (AvgIpc) is 2.83. The highest BCUT2D eigenvalue weighted by Gasteiger charge is 2.38. The van der Waals surface area contributed by atoms with Crippen molar-refractivity contribution in [1.82, 2.24) is 0 Å². The van der Waals surface area contributed by atoms with E-state index < -0.39 is 0 Å². The van der Waals surface area contributed by atoms with Crippen molar-refractivity contribution in [3.63, 3.8) is 0 Å². The van der Waals surface area contributed by atoms with Gasteiger partial charge in [0.25, 0.3) is 0 Å². The van der Waals surface area contributed by atoms with Gasteiger partial charge in [0, 0.05) is 5.02 Å². The summed E-state index contributed by atoms with van der Waals surface area (Å²) in [6, 6.07) is 4.85. The summed E-state index contributed by atoms with van der Waals surface area (Å²) < 4.78 is 13.3. The highest BCUT2D eigenvalue weighted by Crippen LogP contribution is 2.47. The Morgan fingerprint density at radius 1 is 1.54 bits per heavy atom. The van der Waals surface area contributed by atoms with Crippen molar-refractivity contribution in [2.75, 3.05) is 6.54 Å². The van der Waals surface area contributed by atoms with Gasteiger partial charge in [-0.25, -0.2) is 4.39 Å². The summed E-state index contributed by atoms with van der Waals surface area (Å²) >= 11 is 5.65. The maximum atomic E-state index is 13.3. The van der Waals surface area contributed by atoms with Crippen LogP contribution in [0.15, 0.2) is 18.2 Å². The summed E-state index contributed by atoms with van der Waals surface area (Å²) in [7, 11) is 0. The van der Waals surface area contributed by atoms with E-state index in [0.29, 0.717) is 23.4 Å². The lowest BCUT2D eigenvalue weighted by atomic mass is 10.1. The lowest BCUT2D eigenvalue weighted by Crippen LogP contribution is -2.02. The summed E-state index contributed by atoms with van der Waals surface area (Å²) in [5.74, 6) is 0.589. The minimum absolute atomic E-state index is 0.201. The van der Waals surface area contributed by atoms with Crippen LogP contribution in [0.25, 0.3) is 0 Å². The van der Waals surface area contributed by atoms with Crippen LogP contribution in [0.4, 0.5) is 4.39 Å². The minimum atomic E-state index is -0.201. The molecule has 0 unspecified atom stereocenters. The fourth-order valence-corrected chi connectivity index (χ4v) is 1.85. The monoisotopic (exact) mass is 199 g/mol. The van der Waals surface area contributed by atoms with Gasteiger partial charge in [-0.15, -0.1) is 0 Å². The van der Waals surface area contributed by atoms with E-state index in [4.69, 9.17) is 17.3 Å². The molecule has 2 N–H and O–H groups in total. The standard InChI is InChI=1S/C10H11ClFN/c11-7-1-2-8(10(12)4-7)9-3-6(9)5-13/h1-2,4,6,9H,3,5,13H2/t6-,9+/m1/s1. The van der Waals surface area contributed by atoms with E-state index in [9.17, 15) is 4.39 Å². The lowest BCUT2D eigenvalue weighted by molar-refractivity contribution is 0.606. The largest absolute Gasteiger partial charge is 0.330 e. The minimum Gasteiger partial charge on any atom is -0.330 e. The van der Waals surface area contributed by atoms with E-state index in [-0.39, 0.29) is 5.82 Å². The van der Waals surface area contributed by atoms with Crippen LogP contribution in [-0.2, 0) is 0 Å². The number of benzene rings is 1. The summed E-state index contributed by atoms with van der Waals surface area (Å²) in [6.45, 7) is 0.646. The predicted molar refractivity (Wildman–Crippen MR) is 51.3 cm³/mol. The molecule has 0 radical (unpaired) electrons. The van der Waals surface area contributed by atoms with E-state index >= 15 is 0 Å². The fourth-order valence-electron chi connectivity index (χ4n) is 1.69. The molecule has 1 aromatic rings. The molecule has 0 heterocycles. The molecule has 0 aromatic heterocycles. The Morgan fingerprint density at radius 3 is 2.85 bits per heavy atom. The zero-order chi connectivity index (χ0) is 9.42. The SMILES string of the molecule is NC[C@H]1C[C@@H]1c1ccc(Cl)cc1F. The molecule has 2 atom stereocenters. The van der Waals surface area contributed by atoms with Gasteiger partial charge >= 0.3 is 0 Å². The van der Waals surface area contributed by atoms with Gasteiger partial charge in [-0.1, -0.05) is 17.7 Å². The van der Waals surface area contributed by atoms with E-state index in [1.54, 1.807) is 12.1 Å². The molecule has 1 aromatic carbocycles. The van der Waals surface area contributed by atoms with Crippen LogP contribution >= 0.6 is 11.6 Å². The predicted octanol–water partition coefficient (Wildman–Crippen LogP) is 2.54. The Labute approximate surface area is 81.7 Å².